The molecule has 0 saturated heterocycles. The summed E-state index contributed by atoms with van der Waals surface area (Å²) >= 11 is 1.07. The van der Waals surface area contributed by atoms with Crippen molar-refractivity contribution in [3.63, 3.8) is 0 Å². The maximum atomic E-state index is 12.7. The number of benzene rings is 1. The van der Waals surface area contributed by atoms with Gasteiger partial charge < -0.3 is 16.0 Å². The summed E-state index contributed by atoms with van der Waals surface area (Å²) in [4.78, 5) is 27.7. The van der Waals surface area contributed by atoms with Crippen LogP contribution in [0.15, 0.2) is 29.6 Å². The van der Waals surface area contributed by atoms with E-state index in [0.717, 1.165) is 29.9 Å². The van der Waals surface area contributed by atoms with Crippen LogP contribution in [0.2, 0.25) is 0 Å². The molecule has 0 bridgehead atoms. The number of nitrogens with zero attached hydrogens (tertiary/aromatic N) is 1. The lowest BCUT2D eigenvalue weighted by atomic mass is 10.2. The molecular formula is C17H19F3N4O2S. The Kier molecular flexibility index (Phi) is 6.78. The van der Waals surface area contributed by atoms with E-state index in [1.165, 1.54) is 17.5 Å². The highest BCUT2D eigenvalue weighted by Gasteiger charge is 2.30. The zero-order chi connectivity index (χ0) is 20.0. The lowest BCUT2D eigenvalue weighted by Gasteiger charge is -2.11. The van der Waals surface area contributed by atoms with Crippen LogP contribution in [0.3, 0.4) is 0 Å². The smallest absolute Gasteiger partial charge is 0.352 e. The zero-order valence-electron chi connectivity index (χ0n) is 14.7. The molecule has 0 radical (unpaired) electrons. The number of alkyl halides is 3. The van der Waals surface area contributed by atoms with E-state index in [2.05, 4.69) is 20.9 Å². The van der Waals surface area contributed by atoms with Crippen LogP contribution < -0.4 is 16.0 Å². The van der Waals surface area contributed by atoms with E-state index in [1.54, 1.807) is 0 Å². The van der Waals surface area contributed by atoms with Gasteiger partial charge in [0.2, 0.25) is 5.91 Å². The van der Waals surface area contributed by atoms with Gasteiger partial charge in [0.05, 0.1) is 12.1 Å². The first-order valence-electron chi connectivity index (χ1n) is 8.16. The topological polar surface area (TPSA) is 83.1 Å². The third-order valence-electron chi connectivity index (χ3n) is 3.61. The van der Waals surface area contributed by atoms with Gasteiger partial charge in [0.1, 0.15) is 5.69 Å². The summed E-state index contributed by atoms with van der Waals surface area (Å²) < 4.78 is 38.2. The summed E-state index contributed by atoms with van der Waals surface area (Å²) in [6.07, 6.45) is -3.67. The quantitative estimate of drug-likeness (QED) is 0.664. The van der Waals surface area contributed by atoms with Gasteiger partial charge in [-0.05, 0) is 31.5 Å². The minimum absolute atomic E-state index is 0.0111. The molecule has 0 aliphatic heterocycles. The van der Waals surface area contributed by atoms with Crippen LogP contribution >= 0.6 is 11.3 Å². The average molecular weight is 400 g/mol. The predicted octanol–water partition coefficient (Wildman–Crippen LogP) is 3.55. The van der Waals surface area contributed by atoms with Crippen LogP contribution in [0.25, 0.3) is 0 Å². The van der Waals surface area contributed by atoms with E-state index in [9.17, 15) is 22.8 Å². The van der Waals surface area contributed by atoms with Crippen LogP contribution in [0, 0.1) is 0 Å². The lowest BCUT2D eigenvalue weighted by Crippen LogP contribution is -2.40. The second-order valence-electron chi connectivity index (χ2n) is 5.80. The van der Waals surface area contributed by atoms with Crippen LogP contribution in [0.4, 0.5) is 24.0 Å². The minimum atomic E-state index is -4.44. The summed E-state index contributed by atoms with van der Waals surface area (Å²) in [6.45, 7) is 3.60. The summed E-state index contributed by atoms with van der Waals surface area (Å²) in [5, 5.41) is 9.63. The van der Waals surface area contributed by atoms with Crippen molar-refractivity contribution in [3.05, 3.63) is 40.9 Å². The molecular weight excluding hydrogens is 381 g/mol. The third kappa shape index (κ3) is 6.24. The van der Waals surface area contributed by atoms with Crippen LogP contribution in [-0.4, -0.2) is 29.4 Å². The fourth-order valence-corrected chi connectivity index (χ4v) is 2.72. The van der Waals surface area contributed by atoms with E-state index in [-0.39, 0.29) is 35.0 Å². The second kappa shape index (κ2) is 8.85. The van der Waals surface area contributed by atoms with Gasteiger partial charge in [0, 0.05) is 17.1 Å². The van der Waals surface area contributed by atoms with Gasteiger partial charge in [-0.25, -0.2) is 4.98 Å². The highest BCUT2D eigenvalue weighted by atomic mass is 32.1. The number of aromatic nitrogens is 1. The number of anilines is 2. The highest BCUT2D eigenvalue weighted by molar-refractivity contribution is 7.14. The Balaban J connectivity index is 1.94. The molecule has 0 aliphatic rings. The van der Waals surface area contributed by atoms with Gasteiger partial charge in [0.15, 0.2) is 5.13 Å². The number of carbonyl (C=O) groups excluding carboxylic acids is 2. The molecule has 3 N–H and O–H groups in total. The molecule has 1 heterocycles. The summed E-state index contributed by atoms with van der Waals surface area (Å²) in [6, 6.07) is 4.69. The van der Waals surface area contributed by atoms with Crippen molar-refractivity contribution in [2.45, 2.75) is 32.5 Å². The molecule has 2 rings (SSSR count). The predicted molar refractivity (Wildman–Crippen MR) is 97.1 cm³/mol. The number of hydrogen-bond acceptors (Lipinski definition) is 5. The first-order valence-corrected chi connectivity index (χ1v) is 9.04. The van der Waals surface area contributed by atoms with Crippen LogP contribution in [0.5, 0.6) is 0 Å². The van der Waals surface area contributed by atoms with Crippen molar-refractivity contribution >= 4 is 34.0 Å². The maximum Gasteiger partial charge on any atom is 0.416 e. The fourth-order valence-electron chi connectivity index (χ4n) is 2.01. The molecule has 0 fully saturated rings. The van der Waals surface area contributed by atoms with Crippen LogP contribution in [0.1, 0.15) is 36.3 Å². The Hall–Kier alpha value is -2.62. The van der Waals surface area contributed by atoms with Crippen molar-refractivity contribution in [1.29, 1.82) is 0 Å². The molecule has 146 valence electrons. The zero-order valence-corrected chi connectivity index (χ0v) is 15.5. The number of halogens is 3. The molecule has 1 aromatic carbocycles. The number of carbonyl (C=O) groups is 2. The average Bonchev–Trinajstić information content (AvgIpc) is 3.07. The van der Waals surface area contributed by atoms with Crippen molar-refractivity contribution < 1.29 is 22.8 Å². The van der Waals surface area contributed by atoms with E-state index in [1.807, 2.05) is 13.8 Å². The van der Waals surface area contributed by atoms with Crippen molar-refractivity contribution in [2.24, 2.45) is 0 Å². The second-order valence-corrected chi connectivity index (χ2v) is 6.66. The first kappa shape index (κ1) is 20.7. The van der Waals surface area contributed by atoms with E-state index in [0.29, 0.717) is 0 Å². The molecule has 6 nitrogen and oxygen atoms in total. The monoisotopic (exact) mass is 400 g/mol. The molecule has 0 aliphatic carbocycles. The summed E-state index contributed by atoms with van der Waals surface area (Å²) in [7, 11) is 0. The number of nitrogens with one attached hydrogen (secondary N) is 3. The molecule has 1 unspecified atom stereocenters. The van der Waals surface area contributed by atoms with Gasteiger partial charge in [-0.3, -0.25) is 9.59 Å². The SMILES string of the molecule is CCC(C)NC(=O)CNC(=O)c1csc(Nc2cccc(C(F)(F)F)c2)n1. The van der Waals surface area contributed by atoms with E-state index < -0.39 is 17.6 Å². The number of amides is 2. The maximum absolute atomic E-state index is 12.7. The Labute approximate surface area is 158 Å². The standard InChI is InChI=1S/C17H19F3N4O2S/c1-3-10(2)22-14(25)8-21-15(26)13-9-27-16(24-13)23-12-6-4-5-11(7-12)17(18,19)20/h4-7,9-10H,3,8H2,1-2H3,(H,21,26)(H,22,25)(H,23,24). The van der Waals surface area contributed by atoms with Crippen molar-refractivity contribution in [1.82, 2.24) is 15.6 Å². The molecule has 0 spiro atoms. The molecule has 0 saturated carbocycles. The fraction of sp³-hybridized carbons (Fsp3) is 0.353. The van der Waals surface area contributed by atoms with Gasteiger partial charge in [-0.2, -0.15) is 13.2 Å². The Bertz CT molecular complexity index is 807. The molecule has 27 heavy (non-hydrogen) atoms. The van der Waals surface area contributed by atoms with E-state index >= 15 is 0 Å². The summed E-state index contributed by atoms with van der Waals surface area (Å²) in [5.74, 6) is -0.849. The number of thiazole rings is 1. The lowest BCUT2D eigenvalue weighted by molar-refractivity contribution is -0.137. The Morgan fingerprint density at radius 3 is 2.70 bits per heavy atom. The molecule has 2 aromatic rings. The van der Waals surface area contributed by atoms with Gasteiger partial charge in [0.25, 0.3) is 5.91 Å². The van der Waals surface area contributed by atoms with Crippen LogP contribution in [-0.2, 0) is 11.0 Å². The van der Waals surface area contributed by atoms with Crippen molar-refractivity contribution in [2.75, 3.05) is 11.9 Å². The first-order chi connectivity index (χ1) is 12.7. The molecule has 2 amide bonds. The minimum Gasteiger partial charge on any atom is -0.352 e. The van der Waals surface area contributed by atoms with Gasteiger partial charge >= 0.3 is 6.18 Å². The summed E-state index contributed by atoms with van der Waals surface area (Å²) in [5.41, 5.74) is -0.501. The normalized spacial score (nSPS) is 12.3. The van der Waals surface area contributed by atoms with Gasteiger partial charge in [-0.1, -0.05) is 13.0 Å². The molecule has 1 atom stereocenters. The number of hydrogen-bond donors (Lipinski definition) is 3. The Morgan fingerprint density at radius 2 is 2.04 bits per heavy atom. The van der Waals surface area contributed by atoms with E-state index in [4.69, 9.17) is 0 Å². The largest absolute Gasteiger partial charge is 0.416 e. The molecule has 10 heteroatoms. The Morgan fingerprint density at radius 1 is 1.30 bits per heavy atom. The number of rotatable bonds is 7. The van der Waals surface area contributed by atoms with Crippen molar-refractivity contribution in [3.8, 4) is 0 Å². The highest BCUT2D eigenvalue weighted by Crippen LogP contribution is 2.31. The molecule has 1 aromatic heterocycles. The third-order valence-corrected chi connectivity index (χ3v) is 4.36. The van der Waals surface area contributed by atoms with Gasteiger partial charge in [-0.15, -0.1) is 11.3 Å².